The van der Waals surface area contributed by atoms with E-state index in [0.29, 0.717) is 5.75 Å². The second-order valence-electron chi connectivity index (χ2n) is 4.08. The summed E-state index contributed by atoms with van der Waals surface area (Å²) in [5.41, 5.74) is 2.58. The van der Waals surface area contributed by atoms with Crippen LogP contribution < -0.4 is 0 Å². The molecule has 0 aromatic heterocycles. The van der Waals surface area contributed by atoms with Crippen molar-refractivity contribution in [2.45, 2.75) is 37.4 Å². The van der Waals surface area contributed by atoms with E-state index in [-0.39, 0.29) is 4.75 Å². The summed E-state index contributed by atoms with van der Waals surface area (Å²) >= 11 is 4.78. The number of hydrogen-bond donors (Lipinski definition) is 2. The maximum Gasteiger partial charge on any atom is 0.115 e. The summed E-state index contributed by atoms with van der Waals surface area (Å²) < 4.78 is 0.0291. The summed E-state index contributed by atoms with van der Waals surface area (Å²) in [6, 6.07) is 5.68. The minimum Gasteiger partial charge on any atom is -0.508 e. The molecule has 1 aliphatic rings. The molecule has 1 unspecified atom stereocenters. The van der Waals surface area contributed by atoms with Gasteiger partial charge in [0.15, 0.2) is 0 Å². The zero-order valence-electron chi connectivity index (χ0n) is 8.45. The van der Waals surface area contributed by atoms with E-state index in [9.17, 15) is 5.11 Å². The van der Waals surface area contributed by atoms with Gasteiger partial charge in [-0.05, 0) is 48.9 Å². The van der Waals surface area contributed by atoms with Crippen molar-refractivity contribution in [3.63, 3.8) is 0 Å². The minimum atomic E-state index is 0.0291. The van der Waals surface area contributed by atoms with Crippen molar-refractivity contribution in [2.24, 2.45) is 0 Å². The van der Waals surface area contributed by atoms with Crippen LogP contribution in [0.1, 0.15) is 37.3 Å². The molecule has 0 heterocycles. The van der Waals surface area contributed by atoms with Crippen LogP contribution in [0.5, 0.6) is 5.75 Å². The third-order valence-corrected chi connectivity index (χ3v) is 3.99. The Balaban J connectivity index is 2.50. The Hall–Kier alpha value is -0.630. The van der Waals surface area contributed by atoms with Crippen LogP contribution in [0.15, 0.2) is 18.2 Å². The van der Waals surface area contributed by atoms with Crippen molar-refractivity contribution in [3.8, 4) is 5.75 Å². The first-order valence-electron chi connectivity index (χ1n) is 5.20. The van der Waals surface area contributed by atoms with Crippen LogP contribution in [0.3, 0.4) is 0 Å². The lowest BCUT2D eigenvalue weighted by Gasteiger charge is -2.34. The highest BCUT2D eigenvalue weighted by Gasteiger charge is 2.31. The molecule has 0 spiro atoms. The normalized spacial score (nSPS) is 25.9. The SMILES string of the molecule is CCC1(S)CCCc2cc(O)ccc21. The number of fused-ring (bicyclic) bond motifs is 1. The lowest BCUT2D eigenvalue weighted by molar-refractivity contribution is 0.465. The minimum absolute atomic E-state index is 0.0291. The zero-order chi connectivity index (χ0) is 10.2. The topological polar surface area (TPSA) is 20.2 Å². The largest absolute Gasteiger partial charge is 0.508 e. The summed E-state index contributed by atoms with van der Waals surface area (Å²) in [5, 5.41) is 9.41. The molecule has 0 saturated carbocycles. The summed E-state index contributed by atoms with van der Waals surface area (Å²) in [6.07, 6.45) is 4.44. The van der Waals surface area contributed by atoms with Crippen molar-refractivity contribution < 1.29 is 5.11 Å². The van der Waals surface area contributed by atoms with E-state index < -0.39 is 0 Å². The van der Waals surface area contributed by atoms with Crippen LogP contribution >= 0.6 is 12.6 Å². The molecule has 2 rings (SSSR count). The molecule has 0 saturated heterocycles. The average Bonchev–Trinajstić information content (AvgIpc) is 2.18. The molecule has 0 amide bonds. The van der Waals surface area contributed by atoms with E-state index in [0.717, 1.165) is 19.3 Å². The fraction of sp³-hybridized carbons (Fsp3) is 0.500. The summed E-state index contributed by atoms with van der Waals surface area (Å²) in [4.78, 5) is 0. The monoisotopic (exact) mass is 208 g/mol. The van der Waals surface area contributed by atoms with Gasteiger partial charge in [0.25, 0.3) is 0 Å². The van der Waals surface area contributed by atoms with Gasteiger partial charge in [-0.1, -0.05) is 13.0 Å². The van der Waals surface area contributed by atoms with Crippen molar-refractivity contribution in [2.75, 3.05) is 0 Å². The highest BCUT2D eigenvalue weighted by molar-refractivity contribution is 7.81. The van der Waals surface area contributed by atoms with E-state index in [4.69, 9.17) is 12.6 Å². The van der Waals surface area contributed by atoms with Gasteiger partial charge < -0.3 is 5.11 Å². The summed E-state index contributed by atoms with van der Waals surface area (Å²) in [5.74, 6) is 0.373. The summed E-state index contributed by atoms with van der Waals surface area (Å²) in [6.45, 7) is 2.18. The lowest BCUT2D eigenvalue weighted by atomic mass is 9.80. The van der Waals surface area contributed by atoms with Gasteiger partial charge in [-0.25, -0.2) is 0 Å². The number of phenolic OH excluding ortho intramolecular Hbond substituents is 1. The van der Waals surface area contributed by atoms with E-state index in [1.807, 2.05) is 12.1 Å². The number of rotatable bonds is 1. The fourth-order valence-electron chi connectivity index (χ4n) is 2.31. The molecule has 1 atom stereocenters. The third-order valence-electron chi connectivity index (χ3n) is 3.21. The zero-order valence-corrected chi connectivity index (χ0v) is 9.35. The molecule has 14 heavy (non-hydrogen) atoms. The third kappa shape index (κ3) is 1.52. The molecular weight excluding hydrogens is 192 g/mol. The van der Waals surface area contributed by atoms with Crippen LogP contribution in [-0.2, 0) is 11.2 Å². The van der Waals surface area contributed by atoms with Crippen LogP contribution in [-0.4, -0.2) is 5.11 Å². The van der Waals surface area contributed by atoms with Crippen molar-refractivity contribution in [1.29, 1.82) is 0 Å². The first kappa shape index (κ1) is 9.91. The summed E-state index contributed by atoms with van der Waals surface area (Å²) in [7, 11) is 0. The molecule has 0 fully saturated rings. The van der Waals surface area contributed by atoms with E-state index >= 15 is 0 Å². The maximum atomic E-state index is 9.41. The quantitative estimate of drug-likeness (QED) is 0.679. The van der Waals surface area contributed by atoms with Crippen LogP contribution in [0, 0.1) is 0 Å². The molecule has 0 radical (unpaired) electrons. The second-order valence-corrected chi connectivity index (χ2v) is 4.94. The Labute approximate surface area is 90.6 Å². The van der Waals surface area contributed by atoms with E-state index in [1.165, 1.54) is 17.5 Å². The van der Waals surface area contributed by atoms with Gasteiger partial charge in [0.2, 0.25) is 0 Å². The number of aryl methyl sites for hydroxylation is 1. The molecule has 76 valence electrons. The Morgan fingerprint density at radius 1 is 1.50 bits per heavy atom. The van der Waals surface area contributed by atoms with Crippen molar-refractivity contribution in [3.05, 3.63) is 29.3 Å². The number of aromatic hydroxyl groups is 1. The molecule has 1 N–H and O–H groups in total. The standard InChI is InChI=1S/C12H16OS/c1-2-12(14)7-3-4-9-8-10(13)5-6-11(9)12/h5-6,8,13-14H,2-4,7H2,1H3. The maximum absolute atomic E-state index is 9.41. The lowest BCUT2D eigenvalue weighted by Crippen LogP contribution is -2.23. The number of benzene rings is 1. The fourth-order valence-corrected chi connectivity index (χ4v) is 2.69. The molecule has 1 nitrogen and oxygen atoms in total. The van der Waals surface area contributed by atoms with Gasteiger partial charge in [-0.2, -0.15) is 12.6 Å². The van der Waals surface area contributed by atoms with Gasteiger partial charge in [-0.15, -0.1) is 0 Å². The molecule has 1 aliphatic carbocycles. The first-order valence-corrected chi connectivity index (χ1v) is 5.65. The van der Waals surface area contributed by atoms with Gasteiger partial charge in [-0.3, -0.25) is 0 Å². The number of hydrogen-bond acceptors (Lipinski definition) is 2. The second kappa shape index (κ2) is 3.50. The van der Waals surface area contributed by atoms with Gasteiger partial charge in [0.05, 0.1) is 0 Å². The van der Waals surface area contributed by atoms with Gasteiger partial charge in [0.1, 0.15) is 5.75 Å². The average molecular weight is 208 g/mol. The van der Waals surface area contributed by atoms with Crippen molar-refractivity contribution in [1.82, 2.24) is 0 Å². The van der Waals surface area contributed by atoms with Gasteiger partial charge in [0, 0.05) is 4.75 Å². The molecule has 2 heteroatoms. The Kier molecular flexibility index (Phi) is 2.48. The molecule has 1 aromatic rings. The van der Waals surface area contributed by atoms with Crippen LogP contribution in [0.2, 0.25) is 0 Å². The highest BCUT2D eigenvalue weighted by atomic mass is 32.1. The van der Waals surface area contributed by atoms with Gasteiger partial charge >= 0.3 is 0 Å². The Morgan fingerprint density at radius 2 is 2.29 bits per heavy atom. The van der Waals surface area contributed by atoms with Crippen LogP contribution in [0.25, 0.3) is 0 Å². The number of phenols is 1. The number of thiol groups is 1. The van der Waals surface area contributed by atoms with E-state index in [1.54, 1.807) is 6.07 Å². The predicted molar refractivity (Wildman–Crippen MR) is 62.0 cm³/mol. The highest BCUT2D eigenvalue weighted by Crippen LogP contribution is 2.43. The Morgan fingerprint density at radius 3 is 3.00 bits per heavy atom. The first-order chi connectivity index (χ1) is 6.65. The molecular formula is C12H16OS. The van der Waals surface area contributed by atoms with E-state index in [2.05, 4.69) is 6.92 Å². The van der Waals surface area contributed by atoms with Crippen molar-refractivity contribution >= 4 is 12.6 Å². The predicted octanol–water partition coefficient (Wildman–Crippen LogP) is 3.26. The smallest absolute Gasteiger partial charge is 0.115 e. The van der Waals surface area contributed by atoms with Crippen LogP contribution in [0.4, 0.5) is 0 Å². The molecule has 0 aliphatic heterocycles. The molecule has 0 bridgehead atoms. The Bertz CT molecular complexity index is 348. The molecule has 1 aromatic carbocycles.